The summed E-state index contributed by atoms with van der Waals surface area (Å²) in [7, 11) is 1.40. The molecular formula is C14H25N3O3. The molecule has 0 saturated carbocycles. The number of carbonyl (C=O) groups is 1. The van der Waals surface area contributed by atoms with E-state index in [4.69, 9.17) is 9.84 Å². The third-order valence-electron chi connectivity index (χ3n) is 3.49. The number of ether oxygens (including phenoxy) is 1. The lowest BCUT2D eigenvalue weighted by Crippen LogP contribution is -2.36. The Bertz CT molecular complexity index is 455. The SMILES string of the molecule is COC(=O)CN(Cc1c(C)nn(CCO)c1C)C(C)C. The number of hydrogen-bond acceptors (Lipinski definition) is 5. The molecule has 6 nitrogen and oxygen atoms in total. The Morgan fingerprint density at radius 1 is 1.45 bits per heavy atom. The molecular weight excluding hydrogens is 258 g/mol. The quantitative estimate of drug-likeness (QED) is 0.752. The minimum Gasteiger partial charge on any atom is -0.468 e. The van der Waals surface area contributed by atoms with Crippen LogP contribution >= 0.6 is 0 Å². The fourth-order valence-corrected chi connectivity index (χ4v) is 2.13. The van der Waals surface area contributed by atoms with Crippen LogP contribution in [0.5, 0.6) is 0 Å². The molecule has 0 aromatic carbocycles. The van der Waals surface area contributed by atoms with E-state index in [2.05, 4.69) is 5.10 Å². The van der Waals surface area contributed by atoms with Gasteiger partial charge in [0.1, 0.15) is 0 Å². The summed E-state index contributed by atoms with van der Waals surface area (Å²) < 4.78 is 6.55. The van der Waals surface area contributed by atoms with Crippen molar-refractivity contribution in [2.24, 2.45) is 0 Å². The van der Waals surface area contributed by atoms with E-state index >= 15 is 0 Å². The lowest BCUT2D eigenvalue weighted by molar-refractivity contribution is -0.142. The lowest BCUT2D eigenvalue weighted by Gasteiger charge is -2.25. The number of rotatable bonds is 7. The number of esters is 1. The Morgan fingerprint density at radius 2 is 2.10 bits per heavy atom. The first-order chi connectivity index (χ1) is 9.40. The van der Waals surface area contributed by atoms with Gasteiger partial charge in [-0.3, -0.25) is 14.4 Å². The first-order valence-corrected chi connectivity index (χ1v) is 6.85. The van der Waals surface area contributed by atoms with Crippen LogP contribution in [-0.2, 0) is 22.6 Å². The highest BCUT2D eigenvalue weighted by Crippen LogP contribution is 2.17. The molecule has 20 heavy (non-hydrogen) atoms. The van der Waals surface area contributed by atoms with Crippen molar-refractivity contribution in [2.45, 2.75) is 46.8 Å². The number of aliphatic hydroxyl groups excluding tert-OH is 1. The average Bonchev–Trinajstić information content (AvgIpc) is 2.65. The minimum absolute atomic E-state index is 0.0669. The standard InChI is InChI=1S/C14H25N3O3/c1-10(2)16(9-14(19)20-5)8-13-11(3)15-17(6-7-18)12(13)4/h10,18H,6-9H2,1-5H3. The molecule has 0 saturated heterocycles. The normalized spacial score (nSPS) is 11.4. The summed E-state index contributed by atoms with van der Waals surface area (Å²) in [6.07, 6.45) is 0. The molecule has 0 fully saturated rings. The van der Waals surface area contributed by atoms with E-state index in [1.165, 1.54) is 7.11 Å². The molecule has 0 spiro atoms. The van der Waals surface area contributed by atoms with Crippen LogP contribution in [0.25, 0.3) is 0 Å². The second kappa shape index (κ2) is 7.40. The van der Waals surface area contributed by atoms with Crippen LogP contribution in [0.2, 0.25) is 0 Å². The average molecular weight is 283 g/mol. The first-order valence-electron chi connectivity index (χ1n) is 6.85. The molecule has 0 radical (unpaired) electrons. The van der Waals surface area contributed by atoms with E-state index in [9.17, 15) is 4.79 Å². The molecule has 1 heterocycles. The van der Waals surface area contributed by atoms with Gasteiger partial charge in [0.05, 0.1) is 32.5 Å². The van der Waals surface area contributed by atoms with Gasteiger partial charge in [0.15, 0.2) is 0 Å². The van der Waals surface area contributed by atoms with Crippen LogP contribution < -0.4 is 0 Å². The van der Waals surface area contributed by atoms with Gasteiger partial charge in [0, 0.05) is 23.8 Å². The number of aromatic nitrogens is 2. The number of nitrogens with zero attached hydrogens (tertiary/aromatic N) is 3. The molecule has 0 bridgehead atoms. The van der Waals surface area contributed by atoms with Crippen molar-refractivity contribution in [1.82, 2.24) is 14.7 Å². The Labute approximate surface area is 120 Å². The van der Waals surface area contributed by atoms with Crippen molar-refractivity contribution in [3.63, 3.8) is 0 Å². The molecule has 1 aromatic rings. The highest BCUT2D eigenvalue weighted by molar-refractivity contribution is 5.71. The van der Waals surface area contributed by atoms with Crippen LogP contribution in [0.1, 0.15) is 30.8 Å². The summed E-state index contributed by atoms with van der Waals surface area (Å²) in [5.74, 6) is -0.239. The molecule has 0 aliphatic heterocycles. The van der Waals surface area contributed by atoms with Crippen LogP contribution in [0.15, 0.2) is 0 Å². The van der Waals surface area contributed by atoms with Gasteiger partial charge in [-0.2, -0.15) is 5.10 Å². The highest BCUT2D eigenvalue weighted by atomic mass is 16.5. The molecule has 114 valence electrons. The second-order valence-corrected chi connectivity index (χ2v) is 5.17. The topological polar surface area (TPSA) is 67.6 Å². The molecule has 0 aliphatic carbocycles. The smallest absolute Gasteiger partial charge is 0.319 e. The molecule has 1 N–H and O–H groups in total. The number of hydrogen-bond donors (Lipinski definition) is 1. The largest absolute Gasteiger partial charge is 0.468 e. The zero-order chi connectivity index (χ0) is 15.3. The summed E-state index contributed by atoms with van der Waals surface area (Å²) in [6.45, 7) is 9.50. The Hall–Kier alpha value is -1.40. The maximum absolute atomic E-state index is 11.5. The molecule has 0 amide bonds. The third-order valence-corrected chi connectivity index (χ3v) is 3.49. The van der Waals surface area contributed by atoms with Gasteiger partial charge in [0.25, 0.3) is 0 Å². The molecule has 0 unspecified atom stereocenters. The maximum Gasteiger partial charge on any atom is 0.319 e. The Kier molecular flexibility index (Phi) is 6.16. The fourth-order valence-electron chi connectivity index (χ4n) is 2.13. The van der Waals surface area contributed by atoms with Crippen molar-refractivity contribution in [3.05, 3.63) is 17.0 Å². The van der Waals surface area contributed by atoms with Crippen molar-refractivity contribution in [2.75, 3.05) is 20.3 Å². The predicted octanol–water partition coefficient (Wildman–Crippen LogP) is 0.876. The summed E-state index contributed by atoms with van der Waals surface area (Å²) >= 11 is 0. The second-order valence-electron chi connectivity index (χ2n) is 5.17. The van der Waals surface area contributed by atoms with Gasteiger partial charge >= 0.3 is 5.97 Å². The highest BCUT2D eigenvalue weighted by Gasteiger charge is 2.19. The van der Waals surface area contributed by atoms with Gasteiger partial charge < -0.3 is 9.84 Å². The Balaban J connectivity index is 2.91. The minimum atomic E-state index is -0.239. The van der Waals surface area contributed by atoms with Crippen LogP contribution in [-0.4, -0.2) is 52.1 Å². The van der Waals surface area contributed by atoms with Gasteiger partial charge in [-0.1, -0.05) is 0 Å². The van der Waals surface area contributed by atoms with Crippen LogP contribution in [0, 0.1) is 13.8 Å². The summed E-state index contributed by atoms with van der Waals surface area (Å²) in [5, 5.41) is 13.5. The summed E-state index contributed by atoms with van der Waals surface area (Å²) in [5.41, 5.74) is 3.08. The number of aliphatic hydroxyl groups is 1. The van der Waals surface area contributed by atoms with E-state index < -0.39 is 0 Å². The summed E-state index contributed by atoms with van der Waals surface area (Å²) in [4.78, 5) is 13.5. The summed E-state index contributed by atoms with van der Waals surface area (Å²) in [6, 6.07) is 0.231. The number of carbonyl (C=O) groups excluding carboxylic acids is 1. The Morgan fingerprint density at radius 3 is 2.60 bits per heavy atom. The predicted molar refractivity (Wildman–Crippen MR) is 76.3 cm³/mol. The van der Waals surface area contributed by atoms with Crippen molar-refractivity contribution in [1.29, 1.82) is 0 Å². The van der Waals surface area contributed by atoms with E-state index in [0.29, 0.717) is 13.1 Å². The van der Waals surface area contributed by atoms with Gasteiger partial charge in [0.2, 0.25) is 0 Å². The third kappa shape index (κ3) is 4.05. The van der Waals surface area contributed by atoms with E-state index in [1.54, 1.807) is 4.68 Å². The first kappa shape index (κ1) is 16.7. The van der Waals surface area contributed by atoms with Gasteiger partial charge in [-0.05, 0) is 27.7 Å². The van der Waals surface area contributed by atoms with Crippen molar-refractivity contribution in [3.8, 4) is 0 Å². The maximum atomic E-state index is 11.5. The molecule has 6 heteroatoms. The van der Waals surface area contributed by atoms with E-state index in [-0.39, 0.29) is 25.2 Å². The van der Waals surface area contributed by atoms with E-state index in [1.807, 2.05) is 32.6 Å². The molecule has 0 aliphatic rings. The van der Waals surface area contributed by atoms with Gasteiger partial charge in [-0.15, -0.1) is 0 Å². The zero-order valence-electron chi connectivity index (χ0n) is 13.0. The fraction of sp³-hybridized carbons (Fsp3) is 0.714. The van der Waals surface area contributed by atoms with Crippen LogP contribution in [0.3, 0.4) is 0 Å². The van der Waals surface area contributed by atoms with Gasteiger partial charge in [-0.25, -0.2) is 0 Å². The van der Waals surface area contributed by atoms with Crippen molar-refractivity contribution < 1.29 is 14.6 Å². The molecule has 1 aromatic heterocycles. The van der Waals surface area contributed by atoms with Crippen molar-refractivity contribution >= 4 is 5.97 Å². The molecule has 1 rings (SSSR count). The van der Waals surface area contributed by atoms with E-state index in [0.717, 1.165) is 17.0 Å². The molecule has 0 atom stereocenters. The number of aryl methyl sites for hydroxylation is 1. The monoisotopic (exact) mass is 283 g/mol. The van der Waals surface area contributed by atoms with Crippen LogP contribution in [0.4, 0.5) is 0 Å². The lowest BCUT2D eigenvalue weighted by atomic mass is 10.1. The number of methoxy groups -OCH3 is 1. The zero-order valence-corrected chi connectivity index (χ0v) is 13.0.